The SMILES string of the molecule is CC(C)(C)CC(C)(C)c1ccc(O)c(C2CCCCN2)c1. The minimum absolute atomic E-state index is 0.120. The summed E-state index contributed by atoms with van der Waals surface area (Å²) < 4.78 is 0. The third-order valence-electron chi connectivity index (χ3n) is 4.47. The molecule has 1 aliphatic rings. The smallest absolute Gasteiger partial charge is 0.120 e. The predicted octanol–water partition coefficient (Wildman–Crippen LogP) is 4.92. The number of nitrogens with one attached hydrogen (secondary N) is 1. The van der Waals surface area contributed by atoms with E-state index in [9.17, 15) is 5.11 Å². The highest BCUT2D eigenvalue weighted by atomic mass is 16.3. The Hall–Kier alpha value is -1.02. The number of hydrogen-bond acceptors (Lipinski definition) is 2. The molecule has 2 N–H and O–H groups in total. The molecule has 1 saturated heterocycles. The summed E-state index contributed by atoms with van der Waals surface area (Å²) in [5.74, 6) is 0.435. The van der Waals surface area contributed by atoms with E-state index in [-0.39, 0.29) is 5.41 Å². The zero-order valence-electron chi connectivity index (χ0n) is 14.3. The number of piperidine rings is 1. The van der Waals surface area contributed by atoms with Gasteiger partial charge in [-0.1, -0.05) is 47.1 Å². The van der Waals surface area contributed by atoms with E-state index in [1.54, 1.807) is 0 Å². The van der Waals surface area contributed by atoms with Crippen LogP contribution in [0.15, 0.2) is 18.2 Å². The van der Waals surface area contributed by atoms with Crippen molar-refractivity contribution in [2.45, 2.75) is 71.8 Å². The first kappa shape index (κ1) is 16.4. The van der Waals surface area contributed by atoms with E-state index in [1.807, 2.05) is 6.07 Å². The van der Waals surface area contributed by atoms with Gasteiger partial charge in [0.25, 0.3) is 0 Å². The molecule has 1 aliphatic heterocycles. The van der Waals surface area contributed by atoms with Crippen LogP contribution in [0.4, 0.5) is 0 Å². The topological polar surface area (TPSA) is 32.3 Å². The number of hydrogen-bond donors (Lipinski definition) is 2. The standard InChI is InChI=1S/C19H31NO/c1-18(2,3)13-19(4,5)14-9-10-17(21)15(12-14)16-8-6-7-11-20-16/h9-10,12,16,20-21H,6-8,11,13H2,1-5H3. The lowest BCUT2D eigenvalue weighted by molar-refractivity contribution is 0.283. The lowest BCUT2D eigenvalue weighted by Gasteiger charge is -2.34. The first-order chi connectivity index (χ1) is 9.69. The normalized spacial score (nSPS) is 20.5. The molecule has 0 saturated carbocycles. The first-order valence-corrected chi connectivity index (χ1v) is 8.26. The highest BCUT2D eigenvalue weighted by Gasteiger charge is 2.28. The van der Waals surface area contributed by atoms with Gasteiger partial charge in [-0.3, -0.25) is 0 Å². The third kappa shape index (κ3) is 4.23. The van der Waals surface area contributed by atoms with E-state index in [0.29, 0.717) is 17.2 Å². The van der Waals surface area contributed by atoms with E-state index < -0.39 is 0 Å². The summed E-state index contributed by atoms with van der Waals surface area (Å²) in [6.07, 6.45) is 4.73. The van der Waals surface area contributed by atoms with Gasteiger partial charge in [0, 0.05) is 11.6 Å². The van der Waals surface area contributed by atoms with Gasteiger partial charge in [0.2, 0.25) is 0 Å². The van der Waals surface area contributed by atoms with Crippen LogP contribution in [-0.4, -0.2) is 11.7 Å². The van der Waals surface area contributed by atoms with Gasteiger partial charge in [0.1, 0.15) is 5.75 Å². The van der Waals surface area contributed by atoms with Crippen LogP contribution < -0.4 is 5.32 Å². The molecule has 1 unspecified atom stereocenters. The van der Waals surface area contributed by atoms with Gasteiger partial charge in [-0.05, 0) is 54.3 Å². The molecule has 118 valence electrons. The van der Waals surface area contributed by atoms with Gasteiger partial charge in [0.15, 0.2) is 0 Å². The van der Waals surface area contributed by atoms with Crippen molar-refractivity contribution >= 4 is 0 Å². The Labute approximate surface area is 130 Å². The maximum atomic E-state index is 10.2. The fraction of sp³-hybridized carbons (Fsp3) is 0.684. The van der Waals surface area contributed by atoms with Crippen molar-refractivity contribution in [1.29, 1.82) is 0 Å². The van der Waals surface area contributed by atoms with Crippen molar-refractivity contribution in [2.24, 2.45) is 5.41 Å². The fourth-order valence-electron chi connectivity index (χ4n) is 3.80. The van der Waals surface area contributed by atoms with E-state index in [4.69, 9.17) is 0 Å². The van der Waals surface area contributed by atoms with Crippen LogP contribution in [0.5, 0.6) is 5.75 Å². The molecular weight excluding hydrogens is 258 g/mol. The van der Waals surface area contributed by atoms with Crippen molar-refractivity contribution in [2.75, 3.05) is 6.54 Å². The lowest BCUT2D eigenvalue weighted by atomic mass is 9.72. The van der Waals surface area contributed by atoms with Crippen molar-refractivity contribution in [3.05, 3.63) is 29.3 Å². The van der Waals surface area contributed by atoms with Gasteiger partial charge in [-0.2, -0.15) is 0 Å². The Balaban J connectivity index is 2.29. The second kappa shape index (κ2) is 6.00. The number of rotatable bonds is 3. The van der Waals surface area contributed by atoms with E-state index >= 15 is 0 Å². The number of phenolic OH excluding ortho intramolecular Hbond substituents is 1. The molecular formula is C19H31NO. The Morgan fingerprint density at radius 2 is 1.86 bits per heavy atom. The van der Waals surface area contributed by atoms with Crippen molar-refractivity contribution in [3.8, 4) is 5.75 Å². The van der Waals surface area contributed by atoms with E-state index in [2.05, 4.69) is 52.1 Å². The zero-order valence-corrected chi connectivity index (χ0v) is 14.3. The Kier molecular flexibility index (Phi) is 4.67. The number of benzene rings is 1. The molecule has 2 rings (SSSR count). The van der Waals surface area contributed by atoms with Gasteiger partial charge < -0.3 is 10.4 Å². The molecule has 1 heterocycles. The van der Waals surface area contributed by atoms with Gasteiger partial charge in [-0.15, -0.1) is 0 Å². The Morgan fingerprint density at radius 1 is 1.14 bits per heavy atom. The maximum Gasteiger partial charge on any atom is 0.120 e. The Morgan fingerprint density at radius 3 is 2.43 bits per heavy atom. The molecule has 0 aromatic heterocycles. The average Bonchev–Trinajstić information content (AvgIpc) is 2.37. The Bertz CT molecular complexity index is 479. The van der Waals surface area contributed by atoms with Crippen molar-refractivity contribution in [3.63, 3.8) is 0 Å². The fourth-order valence-corrected chi connectivity index (χ4v) is 3.80. The van der Waals surface area contributed by atoms with Crippen LogP contribution in [0.25, 0.3) is 0 Å². The largest absolute Gasteiger partial charge is 0.508 e. The van der Waals surface area contributed by atoms with Gasteiger partial charge in [-0.25, -0.2) is 0 Å². The van der Waals surface area contributed by atoms with Gasteiger partial charge >= 0.3 is 0 Å². The van der Waals surface area contributed by atoms with E-state index in [1.165, 1.54) is 18.4 Å². The second-order valence-corrected chi connectivity index (χ2v) is 8.40. The summed E-state index contributed by atoms with van der Waals surface area (Å²) in [7, 11) is 0. The van der Waals surface area contributed by atoms with Crippen LogP contribution in [0.2, 0.25) is 0 Å². The van der Waals surface area contributed by atoms with Crippen LogP contribution in [0.3, 0.4) is 0 Å². The highest BCUT2D eigenvalue weighted by molar-refractivity contribution is 5.41. The molecule has 1 fully saturated rings. The molecule has 0 aliphatic carbocycles. The van der Waals surface area contributed by atoms with E-state index in [0.717, 1.165) is 24.9 Å². The van der Waals surface area contributed by atoms with Crippen LogP contribution in [-0.2, 0) is 5.41 Å². The predicted molar refractivity (Wildman–Crippen MR) is 89.8 cm³/mol. The maximum absolute atomic E-state index is 10.2. The van der Waals surface area contributed by atoms with Crippen LogP contribution in [0.1, 0.15) is 77.5 Å². The molecule has 1 aromatic carbocycles. The minimum Gasteiger partial charge on any atom is -0.508 e. The number of phenols is 1. The summed E-state index contributed by atoms with van der Waals surface area (Å²) in [5.41, 5.74) is 2.83. The molecule has 1 atom stereocenters. The first-order valence-electron chi connectivity index (χ1n) is 8.26. The van der Waals surface area contributed by atoms with Crippen molar-refractivity contribution in [1.82, 2.24) is 5.32 Å². The lowest BCUT2D eigenvalue weighted by Crippen LogP contribution is -2.28. The molecule has 0 bridgehead atoms. The molecule has 0 radical (unpaired) electrons. The molecule has 0 spiro atoms. The molecule has 1 aromatic rings. The molecule has 2 heteroatoms. The van der Waals surface area contributed by atoms with Crippen molar-refractivity contribution < 1.29 is 5.11 Å². The average molecular weight is 289 g/mol. The molecule has 21 heavy (non-hydrogen) atoms. The summed E-state index contributed by atoms with van der Waals surface area (Å²) in [6.45, 7) is 12.5. The summed E-state index contributed by atoms with van der Waals surface area (Å²) in [5, 5.41) is 13.8. The summed E-state index contributed by atoms with van der Waals surface area (Å²) in [4.78, 5) is 0. The summed E-state index contributed by atoms with van der Waals surface area (Å²) >= 11 is 0. The highest BCUT2D eigenvalue weighted by Crippen LogP contribution is 2.39. The zero-order chi connectivity index (χ0) is 15.7. The quantitative estimate of drug-likeness (QED) is 0.827. The molecule has 0 amide bonds. The van der Waals surface area contributed by atoms with Crippen LogP contribution in [0, 0.1) is 5.41 Å². The minimum atomic E-state index is 0.120. The monoisotopic (exact) mass is 289 g/mol. The number of aromatic hydroxyl groups is 1. The second-order valence-electron chi connectivity index (χ2n) is 8.40. The van der Waals surface area contributed by atoms with Gasteiger partial charge in [0.05, 0.1) is 0 Å². The third-order valence-corrected chi connectivity index (χ3v) is 4.47. The summed E-state index contributed by atoms with van der Waals surface area (Å²) in [6, 6.07) is 6.51. The van der Waals surface area contributed by atoms with Crippen LogP contribution >= 0.6 is 0 Å². The molecule has 2 nitrogen and oxygen atoms in total.